The van der Waals surface area contributed by atoms with Gasteiger partial charge in [0, 0.05) is 0 Å². The van der Waals surface area contributed by atoms with Crippen molar-refractivity contribution in [1.29, 1.82) is 0 Å². The summed E-state index contributed by atoms with van der Waals surface area (Å²) in [5.41, 5.74) is 5.71. The van der Waals surface area contributed by atoms with Crippen LogP contribution in [-0.4, -0.2) is 0 Å². The van der Waals surface area contributed by atoms with Crippen LogP contribution in [0, 0.1) is 12.7 Å². The fraction of sp³-hybridized carbons (Fsp3) is 0.0435. The average molecular weight is 312 g/mol. The van der Waals surface area contributed by atoms with Gasteiger partial charge in [0.15, 0.2) is 0 Å². The molecule has 0 bridgehead atoms. The molecule has 0 saturated heterocycles. The summed E-state index contributed by atoms with van der Waals surface area (Å²) >= 11 is 0. The molecular weight excluding hydrogens is 295 g/mol. The highest BCUT2D eigenvalue weighted by Gasteiger charge is 2.15. The van der Waals surface area contributed by atoms with Gasteiger partial charge < -0.3 is 0 Å². The third-order valence-corrected chi connectivity index (χ3v) is 4.43. The Bertz CT molecular complexity index is 1000. The van der Waals surface area contributed by atoms with E-state index in [0.717, 1.165) is 27.5 Å². The molecule has 0 spiro atoms. The van der Waals surface area contributed by atoms with E-state index in [1.165, 1.54) is 17.2 Å². The maximum atomic E-state index is 14.0. The smallest absolute Gasteiger partial charge is 0.123 e. The minimum Gasteiger partial charge on any atom is -0.207 e. The van der Waals surface area contributed by atoms with Crippen molar-refractivity contribution in [2.75, 3.05) is 0 Å². The van der Waals surface area contributed by atoms with Crippen LogP contribution in [0.15, 0.2) is 84.9 Å². The first-order valence-electron chi connectivity index (χ1n) is 8.08. The summed E-state index contributed by atoms with van der Waals surface area (Å²) in [5, 5.41) is 2.01. The minimum atomic E-state index is -0.206. The summed E-state index contributed by atoms with van der Waals surface area (Å²) in [5.74, 6) is -0.206. The van der Waals surface area contributed by atoms with E-state index in [4.69, 9.17) is 0 Å². The zero-order chi connectivity index (χ0) is 16.5. The van der Waals surface area contributed by atoms with Crippen LogP contribution in [0.25, 0.3) is 33.0 Å². The fourth-order valence-corrected chi connectivity index (χ4v) is 3.39. The van der Waals surface area contributed by atoms with E-state index in [9.17, 15) is 4.39 Å². The van der Waals surface area contributed by atoms with Crippen molar-refractivity contribution in [2.45, 2.75) is 6.92 Å². The van der Waals surface area contributed by atoms with Gasteiger partial charge in [0.25, 0.3) is 0 Å². The summed E-state index contributed by atoms with van der Waals surface area (Å²) in [7, 11) is 0. The molecule has 0 aliphatic rings. The van der Waals surface area contributed by atoms with Gasteiger partial charge in [-0.25, -0.2) is 4.39 Å². The van der Waals surface area contributed by atoms with Crippen LogP contribution in [0.3, 0.4) is 0 Å². The second-order valence-corrected chi connectivity index (χ2v) is 6.04. The number of fused-ring (bicyclic) bond motifs is 1. The van der Waals surface area contributed by atoms with Crippen LogP contribution in [0.1, 0.15) is 5.56 Å². The molecule has 0 fully saturated rings. The van der Waals surface area contributed by atoms with Crippen molar-refractivity contribution in [3.8, 4) is 22.3 Å². The van der Waals surface area contributed by atoms with Crippen LogP contribution in [-0.2, 0) is 0 Å². The molecule has 116 valence electrons. The minimum absolute atomic E-state index is 0.206. The number of aryl methyl sites for hydroxylation is 1. The summed E-state index contributed by atoms with van der Waals surface area (Å²) in [6, 6.07) is 27.7. The fourth-order valence-electron chi connectivity index (χ4n) is 3.39. The molecule has 24 heavy (non-hydrogen) atoms. The largest absolute Gasteiger partial charge is 0.207 e. The summed E-state index contributed by atoms with van der Waals surface area (Å²) in [6.07, 6.45) is 0. The Labute approximate surface area is 141 Å². The van der Waals surface area contributed by atoms with Gasteiger partial charge in [0.05, 0.1) is 0 Å². The molecule has 4 aromatic rings. The molecule has 0 nitrogen and oxygen atoms in total. The Morgan fingerprint density at radius 2 is 1.21 bits per heavy atom. The quantitative estimate of drug-likeness (QED) is 0.390. The first-order chi connectivity index (χ1) is 11.7. The molecule has 0 atom stereocenters. The molecule has 0 N–H and O–H groups in total. The summed E-state index contributed by atoms with van der Waals surface area (Å²) in [4.78, 5) is 0. The molecule has 0 radical (unpaired) electrons. The SMILES string of the molecule is Cc1cc2ccc(F)cc2c(-c2ccccc2)c1-c1ccccc1. The number of halogens is 1. The molecular formula is C23H17F. The number of rotatable bonds is 2. The van der Waals surface area contributed by atoms with E-state index in [1.807, 2.05) is 42.5 Å². The lowest BCUT2D eigenvalue weighted by Crippen LogP contribution is -1.92. The number of benzene rings is 4. The van der Waals surface area contributed by atoms with Gasteiger partial charge in [-0.1, -0.05) is 72.8 Å². The molecule has 0 aliphatic heterocycles. The molecule has 0 aliphatic carbocycles. The Kier molecular flexibility index (Phi) is 3.62. The zero-order valence-corrected chi connectivity index (χ0v) is 13.5. The van der Waals surface area contributed by atoms with Crippen molar-refractivity contribution in [3.63, 3.8) is 0 Å². The standard InChI is InChI=1S/C23H17F/c1-16-14-19-12-13-20(24)15-21(19)23(18-10-6-3-7-11-18)22(16)17-8-4-2-5-9-17/h2-15H,1H3. The molecule has 1 heteroatoms. The predicted molar refractivity (Wildman–Crippen MR) is 99.5 cm³/mol. The van der Waals surface area contributed by atoms with E-state index in [0.29, 0.717) is 0 Å². The highest BCUT2D eigenvalue weighted by molar-refractivity contribution is 6.05. The van der Waals surface area contributed by atoms with Crippen molar-refractivity contribution in [2.24, 2.45) is 0 Å². The maximum absolute atomic E-state index is 14.0. The Balaban J connectivity index is 2.17. The first kappa shape index (κ1) is 14.6. The van der Waals surface area contributed by atoms with Crippen LogP contribution < -0.4 is 0 Å². The lowest BCUT2D eigenvalue weighted by atomic mass is 9.86. The Morgan fingerprint density at radius 3 is 1.83 bits per heavy atom. The molecule has 4 rings (SSSR count). The molecule has 0 unspecified atom stereocenters. The molecule has 4 aromatic carbocycles. The normalized spacial score (nSPS) is 10.9. The van der Waals surface area contributed by atoms with E-state index >= 15 is 0 Å². The van der Waals surface area contributed by atoms with Gasteiger partial charge >= 0.3 is 0 Å². The maximum Gasteiger partial charge on any atom is 0.123 e. The van der Waals surface area contributed by atoms with E-state index in [-0.39, 0.29) is 5.82 Å². The first-order valence-corrected chi connectivity index (χ1v) is 8.08. The van der Waals surface area contributed by atoms with Crippen LogP contribution in [0.2, 0.25) is 0 Å². The topological polar surface area (TPSA) is 0 Å². The van der Waals surface area contributed by atoms with E-state index in [1.54, 1.807) is 6.07 Å². The lowest BCUT2D eigenvalue weighted by molar-refractivity contribution is 0.630. The average Bonchev–Trinajstić information content (AvgIpc) is 2.62. The second kappa shape index (κ2) is 5.93. The highest BCUT2D eigenvalue weighted by atomic mass is 19.1. The van der Waals surface area contributed by atoms with Gasteiger partial charge in [0.1, 0.15) is 5.82 Å². The lowest BCUT2D eigenvalue weighted by Gasteiger charge is -2.17. The number of hydrogen-bond donors (Lipinski definition) is 0. The molecule has 0 saturated carbocycles. The van der Waals surface area contributed by atoms with Gasteiger partial charge in [-0.15, -0.1) is 0 Å². The van der Waals surface area contributed by atoms with E-state index < -0.39 is 0 Å². The Morgan fingerprint density at radius 1 is 0.625 bits per heavy atom. The number of hydrogen-bond acceptors (Lipinski definition) is 0. The van der Waals surface area contributed by atoms with Crippen LogP contribution in [0.5, 0.6) is 0 Å². The highest BCUT2D eigenvalue weighted by Crippen LogP contribution is 2.40. The van der Waals surface area contributed by atoms with Crippen LogP contribution in [0.4, 0.5) is 4.39 Å². The zero-order valence-electron chi connectivity index (χ0n) is 13.5. The van der Waals surface area contributed by atoms with E-state index in [2.05, 4.69) is 37.3 Å². The predicted octanol–water partition coefficient (Wildman–Crippen LogP) is 6.62. The second-order valence-electron chi connectivity index (χ2n) is 6.04. The molecule has 0 heterocycles. The van der Waals surface area contributed by atoms with Gasteiger partial charge in [0.2, 0.25) is 0 Å². The summed E-state index contributed by atoms with van der Waals surface area (Å²) in [6.45, 7) is 2.12. The van der Waals surface area contributed by atoms with Gasteiger partial charge in [-0.3, -0.25) is 0 Å². The third-order valence-electron chi connectivity index (χ3n) is 4.43. The monoisotopic (exact) mass is 312 g/mol. The van der Waals surface area contributed by atoms with Crippen molar-refractivity contribution in [1.82, 2.24) is 0 Å². The third kappa shape index (κ3) is 2.48. The molecule has 0 amide bonds. The van der Waals surface area contributed by atoms with Crippen molar-refractivity contribution < 1.29 is 4.39 Å². The van der Waals surface area contributed by atoms with Crippen molar-refractivity contribution in [3.05, 3.63) is 96.3 Å². The van der Waals surface area contributed by atoms with Crippen molar-refractivity contribution >= 4 is 10.8 Å². The Hall–Kier alpha value is -2.93. The van der Waals surface area contributed by atoms with Crippen LogP contribution >= 0.6 is 0 Å². The summed E-state index contributed by atoms with van der Waals surface area (Å²) < 4.78 is 14.0. The van der Waals surface area contributed by atoms with Gasteiger partial charge in [-0.2, -0.15) is 0 Å². The molecule has 0 aromatic heterocycles. The van der Waals surface area contributed by atoms with Gasteiger partial charge in [-0.05, 0) is 57.6 Å².